The van der Waals surface area contributed by atoms with Crippen LogP contribution >= 0.6 is 15.9 Å². The van der Waals surface area contributed by atoms with E-state index in [1.807, 2.05) is 12.1 Å². The summed E-state index contributed by atoms with van der Waals surface area (Å²) in [6, 6.07) is 5.24. The third kappa shape index (κ3) is 3.77. The number of hydrogen-bond acceptors (Lipinski definition) is 2. The fourth-order valence-corrected chi connectivity index (χ4v) is 2.94. The number of likely N-dealkylation sites (tertiary alicyclic amines) is 1. The number of benzene rings is 1. The van der Waals surface area contributed by atoms with Crippen LogP contribution in [-0.4, -0.2) is 29.7 Å². The summed E-state index contributed by atoms with van der Waals surface area (Å²) in [6.45, 7) is 2.92. The van der Waals surface area contributed by atoms with Crippen LogP contribution in [0.15, 0.2) is 22.7 Å². The molecule has 18 heavy (non-hydrogen) atoms. The van der Waals surface area contributed by atoms with Gasteiger partial charge in [-0.15, -0.1) is 0 Å². The van der Waals surface area contributed by atoms with Gasteiger partial charge in [-0.25, -0.2) is 4.39 Å². The van der Waals surface area contributed by atoms with E-state index in [0.29, 0.717) is 12.5 Å². The topological polar surface area (TPSA) is 23.5 Å². The van der Waals surface area contributed by atoms with E-state index in [0.717, 1.165) is 36.0 Å². The minimum atomic E-state index is -0.145. The summed E-state index contributed by atoms with van der Waals surface area (Å²) in [5, 5.41) is 8.99. The van der Waals surface area contributed by atoms with Gasteiger partial charge < -0.3 is 5.11 Å². The van der Waals surface area contributed by atoms with Crippen molar-refractivity contribution >= 4 is 15.9 Å². The summed E-state index contributed by atoms with van der Waals surface area (Å²) in [5.74, 6) is 0.413. The van der Waals surface area contributed by atoms with Gasteiger partial charge >= 0.3 is 0 Å². The Hall–Kier alpha value is -0.450. The molecule has 0 bridgehead atoms. The molecule has 0 aromatic heterocycles. The van der Waals surface area contributed by atoms with Crippen LogP contribution in [0.5, 0.6) is 0 Å². The van der Waals surface area contributed by atoms with Crippen molar-refractivity contribution in [3.63, 3.8) is 0 Å². The molecule has 2 rings (SSSR count). The number of hydrogen-bond donors (Lipinski definition) is 1. The van der Waals surface area contributed by atoms with Gasteiger partial charge in [0.05, 0.1) is 0 Å². The predicted molar refractivity (Wildman–Crippen MR) is 73.8 cm³/mol. The minimum Gasteiger partial charge on any atom is -0.396 e. The Morgan fingerprint density at radius 1 is 1.44 bits per heavy atom. The molecule has 4 heteroatoms. The highest BCUT2D eigenvalue weighted by atomic mass is 79.9. The maximum atomic E-state index is 13.8. The molecule has 1 aliphatic heterocycles. The van der Waals surface area contributed by atoms with Gasteiger partial charge in [0.2, 0.25) is 0 Å². The molecule has 1 fully saturated rings. The molecule has 0 saturated carbocycles. The Morgan fingerprint density at radius 3 is 3.00 bits per heavy atom. The van der Waals surface area contributed by atoms with E-state index in [-0.39, 0.29) is 12.4 Å². The highest BCUT2D eigenvalue weighted by Crippen LogP contribution is 2.22. The van der Waals surface area contributed by atoms with Gasteiger partial charge in [-0.2, -0.15) is 0 Å². The Balaban J connectivity index is 1.96. The summed E-state index contributed by atoms with van der Waals surface area (Å²) in [4.78, 5) is 2.29. The van der Waals surface area contributed by atoms with E-state index in [4.69, 9.17) is 5.11 Å². The van der Waals surface area contributed by atoms with E-state index in [1.54, 1.807) is 0 Å². The normalized spacial score (nSPS) is 21.2. The van der Waals surface area contributed by atoms with Crippen molar-refractivity contribution < 1.29 is 9.50 Å². The number of piperidine rings is 1. The summed E-state index contributed by atoms with van der Waals surface area (Å²) in [6.07, 6.45) is 3.18. The second-order valence-corrected chi connectivity index (χ2v) is 5.91. The first kappa shape index (κ1) is 14.0. The lowest BCUT2D eigenvalue weighted by Crippen LogP contribution is -2.35. The third-order valence-corrected chi connectivity index (χ3v) is 4.04. The van der Waals surface area contributed by atoms with Gasteiger partial charge in [-0.1, -0.05) is 22.0 Å². The van der Waals surface area contributed by atoms with Gasteiger partial charge in [-0.05, 0) is 43.9 Å². The highest BCUT2D eigenvalue weighted by Gasteiger charge is 2.20. The van der Waals surface area contributed by atoms with Crippen LogP contribution in [0.3, 0.4) is 0 Å². The van der Waals surface area contributed by atoms with Crippen LogP contribution in [-0.2, 0) is 6.54 Å². The molecule has 1 unspecified atom stereocenters. The Morgan fingerprint density at radius 2 is 2.28 bits per heavy atom. The summed E-state index contributed by atoms with van der Waals surface area (Å²) in [5.41, 5.74) is 0.753. The molecule has 0 amide bonds. The SMILES string of the molecule is OCCC1CCCN(Cc2ccc(Br)cc2F)C1. The van der Waals surface area contributed by atoms with Crippen LogP contribution in [0, 0.1) is 11.7 Å². The first-order valence-electron chi connectivity index (χ1n) is 6.46. The fraction of sp³-hybridized carbons (Fsp3) is 0.571. The lowest BCUT2D eigenvalue weighted by atomic mass is 9.95. The zero-order valence-electron chi connectivity index (χ0n) is 10.4. The molecule has 1 N–H and O–H groups in total. The number of aliphatic hydroxyl groups is 1. The van der Waals surface area contributed by atoms with Crippen molar-refractivity contribution in [2.75, 3.05) is 19.7 Å². The van der Waals surface area contributed by atoms with Crippen molar-refractivity contribution in [3.8, 4) is 0 Å². The second kappa shape index (κ2) is 6.64. The summed E-state index contributed by atoms with van der Waals surface area (Å²) >= 11 is 3.27. The molecule has 1 aliphatic rings. The van der Waals surface area contributed by atoms with Crippen LogP contribution < -0.4 is 0 Å². The molecular formula is C14H19BrFNO. The van der Waals surface area contributed by atoms with Crippen molar-refractivity contribution in [3.05, 3.63) is 34.1 Å². The van der Waals surface area contributed by atoms with Gasteiger partial charge in [0.15, 0.2) is 0 Å². The minimum absolute atomic E-state index is 0.145. The monoisotopic (exact) mass is 315 g/mol. The summed E-state index contributed by atoms with van der Waals surface area (Å²) < 4.78 is 14.5. The molecule has 0 radical (unpaired) electrons. The van der Waals surface area contributed by atoms with Gasteiger partial charge in [0.1, 0.15) is 5.82 Å². The molecule has 100 valence electrons. The maximum absolute atomic E-state index is 13.8. The molecule has 0 aliphatic carbocycles. The van der Waals surface area contributed by atoms with E-state index >= 15 is 0 Å². The first-order chi connectivity index (χ1) is 8.69. The fourth-order valence-electron chi connectivity index (χ4n) is 2.60. The number of aliphatic hydroxyl groups excluding tert-OH is 1. The van der Waals surface area contributed by atoms with Gasteiger partial charge in [-0.3, -0.25) is 4.90 Å². The molecule has 1 aromatic carbocycles. The highest BCUT2D eigenvalue weighted by molar-refractivity contribution is 9.10. The van der Waals surface area contributed by atoms with E-state index in [2.05, 4.69) is 20.8 Å². The lowest BCUT2D eigenvalue weighted by molar-refractivity contribution is 0.141. The number of rotatable bonds is 4. The van der Waals surface area contributed by atoms with E-state index in [1.165, 1.54) is 12.5 Å². The van der Waals surface area contributed by atoms with Crippen molar-refractivity contribution in [2.45, 2.75) is 25.8 Å². The predicted octanol–water partition coefficient (Wildman–Crippen LogP) is 3.18. The number of halogens is 2. The molecule has 1 aromatic rings. The largest absolute Gasteiger partial charge is 0.396 e. The molecule has 1 saturated heterocycles. The molecular weight excluding hydrogens is 297 g/mol. The van der Waals surface area contributed by atoms with E-state index < -0.39 is 0 Å². The van der Waals surface area contributed by atoms with Crippen LogP contribution in [0.4, 0.5) is 4.39 Å². The Labute approximate surface area is 116 Å². The number of nitrogens with zero attached hydrogens (tertiary/aromatic N) is 1. The zero-order chi connectivity index (χ0) is 13.0. The molecule has 1 atom stereocenters. The third-order valence-electron chi connectivity index (χ3n) is 3.55. The molecule has 1 heterocycles. The maximum Gasteiger partial charge on any atom is 0.128 e. The first-order valence-corrected chi connectivity index (χ1v) is 7.25. The molecule has 2 nitrogen and oxygen atoms in total. The molecule has 0 spiro atoms. The summed E-state index contributed by atoms with van der Waals surface area (Å²) in [7, 11) is 0. The van der Waals surface area contributed by atoms with Gasteiger partial charge in [0.25, 0.3) is 0 Å². The van der Waals surface area contributed by atoms with Crippen molar-refractivity contribution in [2.24, 2.45) is 5.92 Å². The zero-order valence-corrected chi connectivity index (χ0v) is 12.0. The van der Waals surface area contributed by atoms with E-state index in [9.17, 15) is 4.39 Å². The van der Waals surface area contributed by atoms with Crippen molar-refractivity contribution in [1.29, 1.82) is 0 Å². The smallest absolute Gasteiger partial charge is 0.128 e. The van der Waals surface area contributed by atoms with Crippen molar-refractivity contribution in [1.82, 2.24) is 4.90 Å². The second-order valence-electron chi connectivity index (χ2n) is 4.99. The quantitative estimate of drug-likeness (QED) is 0.922. The van der Waals surface area contributed by atoms with Gasteiger partial charge in [0, 0.05) is 29.7 Å². The average Bonchev–Trinajstić information content (AvgIpc) is 2.34. The average molecular weight is 316 g/mol. The van der Waals surface area contributed by atoms with Crippen LogP contribution in [0.25, 0.3) is 0 Å². The van der Waals surface area contributed by atoms with Crippen LogP contribution in [0.1, 0.15) is 24.8 Å². The standard InChI is InChI=1S/C14H19BrFNO/c15-13-4-3-12(14(16)8-13)10-17-6-1-2-11(9-17)5-7-18/h3-4,8,11,18H,1-2,5-7,9-10H2. The van der Waals surface area contributed by atoms with Crippen LogP contribution in [0.2, 0.25) is 0 Å². The Bertz CT molecular complexity index is 397. The lowest BCUT2D eigenvalue weighted by Gasteiger charge is -2.32. The Kier molecular flexibility index (Phi) is 5.15.